The molecule has 0 atom stereocenters. The smallest absolute Gasteiger partial charge is 0.227 e. The first-order valence-corrected chi connectivity index (χ1v) is 10.2. The topological polar surface area (TPSA) is 23.6 Å². The van der Waals surface area contributed by atoms with Crippen LogP contribution in [0.1, 0.15) is 38.2 Å². The Bertz CT molecular complexity index is 733. The van der Waals surface area contributed by atoms with Crippen LogP contribution in [-0.2, 0) is 11.2 Å². The zero-order valence-electron chi connectivity index (χ0n) is 16.3. The maximum absolute atomic E-state index is 12.8. The Morgan fingerprint density at radius 3 is 2.70 bits per heavy atom. The summed E-state index contributed by atoms with van der Waals surface area (Å²) in [6.45, 7) is 5.27. The average molecular weight is 363 g/mol. The number of rotatable bonds is 7. The predicted molar refractivity (Wildman–Crippen MR) is 111 cm³/mol. The zero-order chi connectivity index (χ0) is 18.9. The minimum Gasteiger partial charge on any atom is -0.309 e. The third-order valence-corrected chi connectivity index (χ3v) is 5.30. The van der Waals surface area contributed by atoms with E-state index in [9.17, 15) is 4.79 Å². The summed E-state index contributed by atoms with van der Waals surface area (Å²) < 4.78 is 0. The molecule has 0 radical (unpaired) electrons. The van der Waals surface area contributed by atoms with Crippen LogP contribution in [-0.4, -0.2) is 41.4 Å². The van der Waals surface area contributed by atoms with E-state index in [-0.39, 0.29) is 5.91 Å². The van der Waals surface area contributed by atoms with Crippen molar-refractivity contribution in [2.45, 2.75) is 45.1 Å². The van der Waals surface area contributed by atoms with Gasteiger partial charge in [-0.1, -0.05) is 43.3 Å². The molecule has 3 nitrogen and oxygen atoms in total. The molecule has 1 amide bonds. The van der Waals surface area contributed by atoms with E-state index in [2.05, 4.69) is 47.9 Å². The SMILES string of the molecule is CCCC(=O)N(C1=CC=C=CC=C1)C1CCN(CCc2ccccc2)CC1. The van der Waals surface area contributed by atoms with Gasteiger partial charge in [-0.3, -0.25) is 4.79 Å². The monoisotopic (exact) mass is 362 g/mol. The Balaban J connectivity index is 1.59. The molecule has 0 saturated carbocycles. The van der Waals surface area contributed by atoms with Crippen LogP contribution in [0.4, 0.5) is 0 Å². The third-order valence-electron chi connectivity index (χ3n) is 5.30. The highest BCUT2D eigenvalue weighted by Crippen LogP contribution is 2.24. The number of hydrogen-bond acceptors (Lipinski definition) is 2. The van der Waals surface area contributed by atoms with Gasteiger partial charge in [-0.05, 0) is 55.6 Å². The quantitative estimate of drug-likeness (QED) is 0.667. The van der Waals surface area contributed by atoms with Crippen molar-refractivity contribution in [2.75, 3.05) is 19.6 Å². The fourth-order valence-corrected chi connectivity index (χ4v) is 3.83. The number of allylic oxidation sites excluding steroid dienone is 4. The Morgan fingerprint density at radius 2 is 1.96 bits per heavy atom. The fourth-order valence-electron chi connectivity index (χ4n) is 3.83. The van der Waals surface area contributed by atoms with Crippen LogP contribution in [0.25, 0.3) is 0 Å². The van der Waals surface area contributed by atoms with Gasteiger partial charge in [0.1, 0.15) is 0 Å². The molecular weight excluding hydrogens is 332 g/mol. The zero-order valence-corrected chi connectivity index (χ0v) is 16.3. The molecule has 3 heteroatoms. The van der Waals surface area contributed by atoms with Crippen molar-refractivity contribution in [1.82, 2.24) is 9.80 Å². The second kappa shape index (κ2) is 10.1. The summed E-state index contributed by atoms with van der Waals surface area (Å²) in [6, 6.07) is 11.0. The maximum Gasteiger partial charge on any atom is 0.227 e. The number of piperidine rings is 1. The minimum absolute atomic E-state index is 0.242. The minimum atomic E-state index is 0.242. The van der Waals surface area contributed by atoms with Gasteiger partial charge >= 0.3 is 0 Å². The lowest BCUT2D eigenvalue weighted by Crippen LogP contribution is -2.47. The van der Waals surface area contributed by atoms with Crippen molar-refractivity contribution < 1.29 is 4.79 Å². The summed E-state index contributed by atoms with van der Waals surface area (Å²) in [5.74, 6) is 0.242. The third kappa shape index (κ3) is 5.56. The van der Waals surface area contributed by atoms with Gasteiger partial charge in [0.05, 0.1) is 0 Å². The van der Waals surface area contributed by atoms with Crippen LogP contribution >= 0.6 is 0 Å². The van der Waals surface area contributed by atoms with Crippen molar-refractivity contribution in [3.8, 4) is 0 Å². The van der Waals surface area contributed by atoms with Gasteiger partial charge in [-0.2, -0.15) is 0 Å². The van der Waals surface area contributed by atoms with Crippen LogP contribution in [0, 0.1) is 0 Å². The molecule has 1 saturated heterocycles. The van der Waals surface area contributed by atoms with E-state index >= 15 is 0 Å². The summed E-state index contributed by atoms with van der Waals surface area (Å²) in [5.41, 5.74) is 5.48. The number of likely N-dealkylation sites (tertiary alicyclic amines) is 1. The molecule has 142 valence electrons. The van der Waals surface area contributed by atoms with E-state index in [0.29, 0.717) is 12.5 Å². The first-order chi connectivity index (χ1) is 13.3. The summed E-state index contributed by atoms with van der Waals surface area (Å²) in [6.07, 6.45) is 14.5. The van der Waals surface area contributed by atoms with E-state index in [1.807, 2.05) is 35.3 Å². The number of hydrogen-bond donors (Lipinski definition) is 0. The lowest BCUT2D eigenvalue weighted by atomic mass is 10.0. The van der Waals surface area contributed by atoms with E-state index in [0.717, 1.165) is 51.0 Å². The molecule has 27 heavy (non-hydrogen) atoms. The number of amides is 1. The highest BCUT2D eigenvalue weighted by atomic mass is 16.2. The van der Waals surface area contributed by atoms with Crippen molar-refractivity contribution in [3.63, 3.8) is 0 Å². The van der Waals surface area contributed by atoms with Gasteiger partial charge in [-0.25, -0.2) is 0 Å². The summed E-state index contributed by atoms with van der Waals surface area (Å²) >= 11 is 0. The molecular formula is C24H30N2O. The summed E-state index contributed by atoms with van der Waals surface area (Å²) in [5, 5.41) is 0. The van der Waals surface area contributed by atoms with Crippen LogP contribution in [0.5, 0.6) is 0 Å². The van der Waals surface area contributed by atoms with Crippen LogP contribution < -0.4 is 0 Å². The lowest BCUT2D eigenvalue weighted by molar-refractivity contribution is -0.131. The van der Waals surface area contributed by atoms with Crippen molar-refractivity contribution in [1.29, 1.82) is 0 Å². The summed E-state index contributed by atoms with van der Waals surface area (Å²) in [7, 11) is 0. The Labute approximate surface area is 163 Å². The predicted octanol–water partition coefficient (Wildman–Crippen LogP) is 4.49. The molecule has 1 aliphatic carbocycles. The molecule has 1 heterocycles. The molecule has 1 aliphatic heterocycles. The van der Waals surface area contributed by atoms with Gasteiger partial charge in [0.15, 0.2) is 0 Å². The van der Waals surface area contributed by atoms with Crippen molar-refractivity contribution in [3.05, 3.63) is 77.7 Å². The Morgan fingerprint density at radius 1 is 1.19 bits per heavy atom. The van der Waals surface area contributed by atoms with E-state index in [1.54, 1.807) is 0 Å². The summed E-state index contributed by atoms with van der Waals surface area (Å²) in [4.78, 5) is 17.4. The highest BCUT2D eigenvalue weighted by molar-refractivity contribution is 5.79. The molecule has 0 bridgehead atoms. The second-order valence-electron chi connectivity index (χ2n) is 7.27. The molecule has 0 N–H and O–H groups in total. The Kier molecular flexibility index (Phi) is 7.27. The molecule has 0 aromatic heterocycles. The lowest BCUT2D eigenvalue weighted by Gasteiger charge is -2.39. The number of carbonyl (C=O) groups excluding carboxylic acids is 1. The van der Waals surface area contributed by atoms with E-state index in [4.69, 9.17) is 0 Å². The van der Waals surface area contributed by atoms with E-state index < -0.39 is 0 Å². The first kappa shape index (κ1) is 19.4. The second-order valence-corrected chi connectivity index (χ2v) is 7.27. The van der Waals surface area contributed by atoms with Crippen LogP contribution in [0.15, 0.2) is 72.1 Å². The number of carbonyl (C=O) groups is 1. The normalized spacial score (nSPS) is 17.6. The first-order valence-electron chi connectivity index (χ1n) is 10.2. The highest BCUT2D eigenvalue weighted by Gasteiger charge is 2.29. The van der Waals surface area contributed by atoms with Gasteiger partial charge in [0.2, 0.25) is 5.91 Å². The molecule has 1 aromatic carbocycles. The number of benzene rings is 1. The maximum atomic E-state index is 12.8. The Hall–Kier alpha value is -2.35. The van der Waals surface area contributed by atoms with E-state index in [1.165, 1.54) is 5.56 Å². The standard InChI is InChI=1S/C24H30N2O/c1-2-10-24(27)26(22-13-8-3-4-9-14-22)23-16-19-25(20-17-23)18-15-21-11-6-5-7-12-21/h3,5-9,11-14,23H,2,10,15-20H2,1H3. The molecule has 2 aliphatic rings. The average Bonchev–Trinajstić information content (AvgIpc) is 2.98. The van der Waals surface area contributed by atoms with Crippen LogP contribution in [0.2, 0.25) is 0 Å². The van der Waals surface area contributed by atoms with Crippen molar-refractivity contribution in [2.24, 2.45) is 0 Å². The van der Waals surface area contributed by atoms with Crippen LogP contribution in [0.3, 0.4) is 0 Å². The van der Waals surface area contributed by atoms with Gasteiger partial charge < -0.3 is 9.80 Å². The number of nitrogens with zero attached hydrogens (tertiary/aromatic N) is 2. The molecule has 0 spiro atoms. The molecule has 3 rings (SSSR count). The van der Waals surface area contributed by atoms with Gasteiger partial charge in [0, 0.05) is 37.8 Å². The molecule has 1 aromatic rings. The van der Waals surface area contributed by atoms with Crippen molar-refractivity contribution >= 4 is 5.91 Å². The molecule has 0 unspecified atom stereocenters. The van der Waals surface area contributed by atoms with Gasteiger partial charge in [-0.15, -0.1) is 5.73 Å². The van der Waals surface area contributed by atoms with Gasteiger partial charge in [0.25, 0.3) is 0 Å². The molecule has 1 fully saturated rings. The fraction of sp³-hybridized carbons (Fsp3) is 0.417. The largest absolute Gasteiger partial charge is 0.309 e.